The molecule has 3 nitrogen and oxygen atoms in total. The van der Waals surface area contributed by atoms with E-state index in [-0.39, 0.29) is 0 Å². The molecule has 0 aliphatic heterocycles. The van der Waals surface area contributed by atoms with Crippen LogP contribution in [0.1, 0.15) is 18.9 Å². The molecule has 1 heterocycles. The molecule has 0 aliphatic rings. The van der Waals surface area contributed by atoms with Crippen LogP contribution < -0.4 is 10.1 Å². The summed E-state index contributed by atoms with van der Waals surface area (Å²) in [6, 6.07) is 4.39. The smallest absolute Gasteiger partial charge is 0.212 e. The maximum absolute atomic E-state index is 5.03. The van der Waals surface area contributed by atoms with Gasteiger partial charge in [-0.25, -0.2) is 4.98 Å². The van der Waals surface area contributed by atoms with E-state index >= 15 is 0 Å². The minimum Gasteiger partial charge on any atom is -0.481 e. The van der Waals surface area contributed by atoms with E-state index in [0.29, 0.717) is 11.9 Å². The van der Waals surface area contributed by atoms with Crippen LogP contribution in [-0.4, -0.2) is 24.7 Å². The van der Waals surface area contributed by atoms with Gasteiger partial charge in [-0.3, -0.25) is 0 Å². The molecule has 1 atom stereocenters. The predicted molar refractivity (Wildman–Crippen MR) is 66.8 cm³/mol. The van der Waals surface area contributed by atoms with Crippen molar-refractivity contribution in [1.82, 2.24) is 10.3 Å². The Balaban J connectivity index is 2.58. The van der Waals surface area contributed by atoms with Crippen LogP contribution in [0.4, 0.5) is 0 Å². The Bertz CT molecular complexity index is 308. The first kappa shape index (κ1) is 12.7. The third kappa shape index (κ3) is 4.03. The molecule has 0 fully saturated rings. The van der Waals surface area contributed by atoms with Crippen LogP contribution in [0.2, 0.25) is 0 Å². The standard InChI is InChI=1S/C13H20N2O/c1-4-6-12(14-5-2)9-11-7-8-13(16-3)15-10-11/h4,7-8,10,12,14H,1,5-6,9H2,2-3H3. The van der Waals surface area contributed by atoms with Crippen LogP contribution in [0.15, 0.2) is 31.0 Å². The molecule has 1 aromatic heterocycles. The molecule has 3 heteroatoms. The fraction of sp³-hybridized carbons (Fsp3) is 0.462. The maximum Gasteiger partial charge on any atom is 0.212 e. The van der Waals surface area contributed by atoms with Crippen LogP contribution in [0.25, 0.3) is 0 Å². The van der Waals surface area contributed by atoms with E-state index in [1.807, 2.05) is 18.3 Å². The first-order chi connectivity index (χ1) is 7.80. The zero-order valence-corrected chi connectivity index (χ0v) is 10.1. The molecule has 0 radical (unpaired) electrons. The highest BCUT2D eigenvalue weighted by Gasteiger charge is 2.06. The molecule has 0 aliphatic carbocycles. The number of methoxy groups -OCH3 is 1. The van der Waals surface area contributed by atoms with Crippen molar-refractivity contribution >= 4 is 0 Å². The van der Waals surface area contributed by atoms with Gasteiger partial charge in [0, 0.05) is 18.3 Å². The zero-order valence-electron chi connectivity index (χ0n) is 10.1. The van der Waals surface area contributed by atoms with Gasteiger partial charge in [-0.05, 0) is 24.9 Å². The summed E-state index contributed by atoms with van der Waals surface area (Å²) in [4.78, 5) is 4.19. The van der Waals surface area contributed by atoms with E-state index < -0.39 is 0 Å². The van der Waals surface area contributed by atoms with E-state index in [0.717, 1.165) is 19.4 Å². The number of likely N-dealkylation sites (N-methyl/N-ethyl adjacent to an activating group) is 1. The first-order valence-electron chi connectivity index (χ1n) is 5.63. The van der Waals surface area contributed by atoms with Gasteiger partial charge < -0.3 is 10.1 Å². The molecule has 0 spiro atoms. The van der Waals surface area contributed by atoms with Crippen molar-refractivity contribution in [3.05, 3.63) is 36.5 Å². The van der Waals surface area contributed by atoms with E-state index in [2.05, 4.69) is 29.9 Å². The van der Waals surface area contributed by atoms with Gasteiger partial charge in [0.05, 0.1) is 7.11 Å². The molecule has 0 saturated heterocycles. The molecule has 1 N–H and O–H groups in total. The quantitative estimate of drug-likeness (QED) is 0.715. The van der Waals surface area contributed by atoms with Crippen molar-refractivity contribution in [2.24, 2.45) is 0 Å². The summed E-state index contributed by atoms with van der Waals surface area (Å²) in [5.74, 6) is 0.660. The normalized spacial score (nSPS) is 12.1. The van der Waals surface area contributed by atoms with Crippen LogP contribution in [0, 0.1) is 0 Å². The third-order valence-electron chi connectivity index (χ3n) is 2.43. The number of hydrogen-bond donors (Lipinski definition) is 1. The minimum absolute atomic E-state index is 0.442. The van der Waals surface area contributed by atoms with Crippen molar-refractivity contribution in [3.8, 4) is 5.88 Å². The van der Waals surface area contributed by atoms with Gasteiger partial charge in [-0.2, -0.15) is 0 Å². The Hall–Kier alpha value is -1.35. The van der Waals surface area contributed by atoms with Crippen molar-refractivity contribution < 1.29 is 4.74 Å². The number of hydrogen-bond acceptors (Lipinski definition) is 3. The summed E-state index contributed by atoms with van der Waals surface area (Å²) < 4.78 is 5.03. The van der Waals surface area contributed by atoms with E-state index in [1.54, 1.807) is 7.11 Å². The molecule has 16 heavy (non-hydrogen) atoms. The Labute approximate surface area is 97.5 Å². The number of rotatable bonds is 7. The van der Waals surface area contributed by atoms with Crippen LogP contribution >= 0.6 is 0 Å². The molecule has 0 saturated carbocycles. The topological polar surface area (TPSA) is 34.1 Å². The predicted octanol–water partition coefficient (Wildman–Crippen LogP) is 2.19. The summed E-state index contributed by atoms with van der Waals surface area (Å²) in [5.41, 5.74) is 1.22. The molecule has 1 unspecified atom stereocenters. The second kappa shape index (κ2) is 7.01. The highest BCUT2D eigenvalue weighted by molar-refractivity contribution is 5.18. The first-order valence-corrected chi connectivity index (χ1v) is 5.63. The average molecular weight is 220 g/mol. The molecule has 88 valence electrons. The highest BCUT2D eigenvalue weighted by atomic mass is 16.5. The number of ether oxygens (including phenoxy) is 1. The molecule has 1 rings (SSSR count). The van der Waals surface area contributed by atoms with E-state index in [1.165, 1.54) is 5.56 Å². The average Bonchev–Trinajstić information content (AvgIpc) is 2.31. The van der Waals surface area contributed by atoms with Gasteiger partial charge in [0.25, 0.3) is 0 Å². The summed E-state index contributed by atoms with van der Waals surface area (Å²) in [5, 5.41) is 3.43. The SMILES string of the molecule is C=CCC(Cc1ccc(OC)nc1)NCC. The van der Waals surface area contributed by atoms with E-state index in [9.17, 15) is 0 Å². The van der Waals surface area contributed by atoms with Crippen molar-refractivity contribution in [2.75, 3.05) is 13.7 Å². The van der Waals surface area contributed by atoms with Gasteiger partial charge >= 0.3 is 0 Å². The van der Waals surface area contributed by atoms with Gasteiger partial charge in [0.2, 0.25) is 5.88 Å². The summed E-state index contributed by atoms with van der Waals surface area (Å²) in [6.07, 6.45) is 5.76. The summed E-state index contributed by atoms with van der Waals surface area (Å²) >= 11 is 0. The molecule has 1 aromatic rings. The lowest BCUT2D eigenvalue weighted by atomic mass is 10.0. The number of nitrogens with one attached hydrogen (secondary N) is 1. The molecule has 0 amide bonds. The second-order valence-corrected chi connectivity index (χ2v) is 3.69. The van der Waals surface area contributed by atoms with Gasteiger partial charge in [-0.1, -0.05) is 19.1 Å². The summed E-state index contributed by atoms with van der Waals surface area (Å²) in [6.45, 7) is 6.86. The van der Waals surface area contributed by atoms with Gasteiger partial charge in [0.15, 0.2) is 0 Å². The summed E-state index contributed by atoms with van der Waals surface area (Å²) in [7, 11) is 1.63. The minimum atomic E-state index is 0.442. The maximum atomic E-state index is 5.03. The number of pyridine rings is 1. The molecular weight excluding hydrogens is 200 g/mol. The lowest BCUT2D eigenvalue weighted by Crippen LogP contribution is -2.30. The fourth-order valence-corrected chi connectivity index (χ4v) is 1.67. The lowest BCUT2D eigenvalue weighted by molar-refractivity contribution is 0.397. The fourth-order valence-electron chi connectivity index (χ4n) is 1.67. The number of nitrogens with zero attached hydrogens (tertiary/aromatic N) is 1. The third-order valence-corrected chi connectivity index (χ3v) is 2.43. The van der Waals surface area contributed by atoms with Crippen molar-refractivity contribution in [3.63, 3.8) is 0 Å². The largest absolute Gasteiger partial charge is 0.481 e. The van der Waals surface area contributed by atoms with Crippen molar-refractivity contribution in [1.29, 1.82) is 0 Å². The molecule has 0 bridgehead atoms. The Morgan fingerprint density at radius 2 is 2.38 bits per heavy atom. The second-order valence-electron chi connectivity index (χ2n) is 3.69. The monoisotopic (exact) mass is 220 g/mol. The molecular formula is C13H20N2O. The highest BCUT2D eigenvalue weighted by Crippen LogP contribution is 2.10. The Morgan fingerprint density at radius 3 is 2.88 bits per heavy atom. The lowest BCUT2D eigenvalue weighted by Gasteiger charge is -2.15. The van der Waals surface area contributed by atoms with E-state index in [4.69, 9.17) is 4.74 Å². The Morgan fingerprint density at radius 1 is 1.56 bits per heavy atom. The van der Waals surface area contributed by atoms with Gasteiger partial charge in [0.1, 0.15) is 0 Å². The molecule has 0 aromatic carbocycles. The van der Waals surface area contributed by atoms with Crippen LogP contribution in [0.5, 0.6) is 5.88 Å². The zero-order chi connectivity index (χ0) is 11.8. The Kier molecular flexibility index (Phi) is 5.57. The van der Waals surface area contributed by atoms with Gasteiger partial charge in [-0.15, -0.1) is 6.58 Å². The van der Waals surface area contributed by atoms with Crippen molar-refractivity contribution in [2.45, 2.75) is 25.8 Å². The number of aromatic nitrogens is 1. The van der Waals surface area contributed by atoms with Crippen LogP contribution in [0.3, 0.4) is 0 Å². The van der Waals surface area contributed by atoms with Crippen LogP contribution in [-0.2, 0) is 6.42 Å².